The monoisotopic (exact) mass is 273 g/mol. The molecular weight excluding hydrogens is 261 g/mol. The number of fused-ring (bicyclic) bond motifs is 1. The van der Waals surface area contributed by atoms with Gasteiger partial charge in [-0.2, -0.15) is 0 Å². The third-order valence-electron chi connectivity index (χ3n) is 2.94. The number of pyridine rings is 1. The Morgan fingerprint density at radius 2 is 2.16 bits per heavy atom. The molecule has 0 spiro atoms. The molecule has 96 valence electrons. The van der Waals surface area contributed by atoms with E-state index < -0.39 is 0 Å². The van der Waals surface area contributed by atoms with Gasteiger partial charge in [-0.15, -0.1) is 11.3 Å². The first-order chi connectivity index (χ1) is 9.26. The number of nitrogens with two attached hydrogens (primary N) is 1. The average Bonchev–Trinajstić information content (AvgIpc) is 2.91. The van der Waals surface area contributed by atoms with Crippen molar-refractivity contribution >= 4 is 28.1 Å². The average molecular weight is 273 g/mol. The van der Waals surface area contributed by atoms with Crippen molar-refractivity contribution in [3.8, 4) is 0 Å². The second kappa shape index (κ2) is 4.95. The van der Waals surface area contributed by atoms with Crippen molar-refractivity contribution in [3.05, 3.63) is 58.0 Å². The molecule has 0 aliphatic carbocycles. The summed E-state index contributed by atoms with van der Waals surface area (Å²) in [4.78, 5) is 5.60. The van der Waals surface area contributed by atoms with Gasteiger partial charge >= 0.3 is 0 Å². The maximum absolute atomic E-state index is 13.2. The minimum absolute atomic E-state index is 0.297. The Labute approximate surface area is 113 Å². The number of thiophene rings is 1. The maximum atomic E-state index is 13.2. The first kappa shape index (κ1) is 12.1. The van der Waals surface area contributed by atoms with Gasteiger partial charge in [0.2, 0.25) is 0 Å². The zero-order chi connectivity index (χ0) is 13.2. The zero-order valence-corrected chi connectivity index (χ0v) is 10.9. The Hall–Kier alpha value is -1.98. The molecular formula is C14H12FN3S. The van der Waals surface area contributed by atoms with Crippen molar-refractivity contribution in [2.24, 2.45) is 5.84 Å². The van der Waals surface area contributed by atoms with Crippen LogP contribution in [0.5, 0.6) is 0 Å². The van der Waals surface area contributed by atoms with Crippen LogP contribution in [0, 0.1) is 5.82 Å². The molecule has 0 saturated heterocycles. The van der Waals surface area contributed by atoms with Crippen LogP contribution in [0.25, 0.3) is 10.9 Å². The summed E-state index contributed by atoms with van der Waals surface area (Å²) in [6.45, 7) is 0. The molecule has 3 nitrogen and oxygen atoms in total. The van der Waals surface area contributed by atoms with E-state index in [1.807, 2.05) is 17.5 Å². The van der Waals surface area contributed by atoms with Crippen LogP contribution in [-0.2, 0) is 6.42 Å². The summed E-state index contributed by atoms with van der Waals surface area (Å²) >= 11 is 1.69. The van der Waals surface area contributed by atoms with E-state index in [-0.39, 0.29) is 5.82 Å². The molecule has 3 rings (SSSR count). The lowest BCUT2D eigenvalue weighted by molar-refractivity contribution is 0.629. The number of nitrogens with one attached hydrogen (secondary N) is 1. The number of halogens is 1. The molecule has 1 aromatic carbocycles. The van der Waals surface area contributed by atoms with E-state index in [0.29, 0.717) is 11.3 Å². The number of nitrogen functional groups attached to an aromatic ring is 1. The molecule has 0 aliphatic heterocycles. The van der Waals surface area contributed by atoms with E-state index in [9.17, 15) is 4.39 Å². The predicted molar refractivity (Wildman–Crippen MR) is 76.6 cm³/mol. The topological polar surface area (TPSA) is 50.9 Å². The molecule has 0 unspecified atom stereocenters. The van der Waals surface area contributed by atoms with Crippen molar-refractivity contribution in [1.29, 1.82) is 0 Å². The molecule has 0 amide bonds. The van der Waals surface area contributed by atoms with Gasteiger partial charge in [0.1, 0.15) is 11.6 Å². The van der Waals surface area contributed by atoms with Crippen LogP contribution in [0.2, 0.25) is 0 Å². The van der Waals surface area contributed by atoms with Gasteiger partial charge in [-0.1, -0.05) is 6.07 Å². The van der Waals surface area contributed by atoms with E-state index in [1.54, 1.807) is 17.4 Å². The zero-order valence-electron chi connectivity index (χ0n) is 10.1. The fraction of sp³-hybridized carbons (Fsp3) is 0.0714. The highest BCUT2D eigenvalue weighted by Gasteiger charge is 2.08. The predicted octanol–water partition coefficient (Wildman–Crippen LogP) is 3.31. The van der Waals surface area contributed by atoms with Gasteiger partial charge < -0.3 is 5.43 Å². The summed E-state index contributed by atoms with van der Waals surface area (Å²) in [6.07, 6.45) is 0.761. The van der Waals surface area contributed by atoms with Crippen molar-refractivity contribution in [2.75, 3.05) is 5.43 Å². The van der Waals surface area contributed by atoms with E-state index in [0.717, 1.165) is 17.4 Å². The van der Waals surface area contributed by atoms with Crippen molar-refractivity contribution in [2.45, 2.75) is 6.42 Å². The molecule has 19 heavy (non-hydrogen) atoms. The van der Waals surface area contributed by atoms with Crippen LogP contribution < -0.4 is 11.3 Å². The smallest absolute Gasteiger partial charge is 0.144 e. The van der Waals surface area contributed by atoms with Crippen LogP contribution in [0.1, 0.15) is 10.4 Å². The Balaban J connectivity index is 2.09. The molecule has 3 N–H and O–H groups in total. The van der Waals surface area contributed by atoms with Gasteiger partial charge in [-0.3, -0.25) is 0 Å². The lowest BCUT2D eigenvalue weighted by Gasteiger charge is -2.09. The lowest BCUT2D eigenvalue weighted by Crippen LogP contribution is -2.11. The minimum atomic E-state index is -0.297. The van der Waals surface area contributed by atoms with Gasteiger partial charge in [-0.25, -0.2) is 15.2 Å². The Morgan fingerprint density at radius 1 is 1.26 bits per heavy atom. The first-order valence-corrected chi connectivity index (χ1v) is 6.72. The summed E-state index contributed by atoms with van der Waals surface area (Å²) in [7, 11) is 0. The molecule has 0 radical (unpaired) electrons. The lowest BCUT2D eigenvalue weighted by atomic mass is 10.1. The highest BCUT2D eigenvalue weighted by atomic mass is 32.1. The van der Waals surface area contributed by atoms with Gasteiger partial charge in [-0.05, 0) is 29.6 Å². The second-order valence-corrected chi connectivity index (χ2v) is 5.27. The second-order valence-electron chi connectivity index (χ2n) is 4.23. The van der Waals surface area contributed by atoms with Crippen molar-refractivity contribution in [3.63, 3.8) is 0 Å². The van der Waals surface area contributed by atoms with E-state index in [2.05, 4.69) is 16.5 Å². The molecule has 5 heteroatoms. The number of hydrazine groups is 1. The molecule has 0 bridgehead atoms. The number of nitrogens with zero attached hydrogens (tertiary/aromatic N) is 1. The standard InChI is InChI=1S/C14H12FN3S/c15-11-4-3-9-6-10(7-12-2-1-5-19-12)14(18-16)17-13(9)8-11/h1-6,8H,7,16H2,(H,17,18). The molecule has 2 heterocycles. The highest BCUT2D eigenvalue weighted by Crippen LogP contribution is 2.24. The maximum Gasteiger partial charge on any atom is 0.144 e. The molecule has 0 saturated carbocycles. The van der Waals surface area contributed by atoms with Crippen LogP contribution in [0.3, 0.4) is 0 Å². The number of hydrogen-bond acceptors (Lipinski definition) is 4. The normalized spacial score (nSPS) is 10.8. The quantitative estimate of drug-likeness (QED) is 0.568. The third-order valence-corrected chi connectivity index (χ3v) is 3.82. The molecule has 0 aliphatic rings. The van der Waals surface area contributed by atoms with Crippen LogP contribution >= 0.6 is 11.3 Å². The SMILES string of the molecule is NNc1nc2cc(F)ccc2cc1Cc1cccs1. The Kier molecular flexibility index (Phi) is 3.15. The van der Waals surface area contributed by atoms with Gasteiger partial charge in [0.25, 0.3) is 0 Å². The van der Waals surface area contributed by atoms with E-state index in [4.69, 9.17) is 5.84 Å². The highest BCUT2D eigenvalue weighted by molar-refractivity contribution is 7.09. The Bertz CT molecular complexity index is 710. The van der Waals surface area contributed by atoms with Gasteiger partial charge in [0.05, 0.1) is 5.52 Å². The number of hydrogen-bond donors (Lipinski definition) is 2. The summed E-state index contributed by atoms with van der Waals surface area (Å²) in [5, 5.41) is 2.95. The summed E-state index contributed by atoms with van der Waals surface area (Å²) in [6, 6.07) is 10.7. The fourth-order valence-electron chi connectivity index (χ4n) is 2.04. The van der Waals surface area contributed by atoms with Gasteiger partial charge in [0, 0.05) is 28.3 Å². The number of anilines is 1. The van der Waals surface area contributed by atoms with Crippen LogP contribution in [0.4, 0.5) is 10.2 Å². The van der Waals surface area contributed by atoms with Gasteiger partial charge in [0.15, 0.2) is 0 Å². The number of aromatic nitrogens is 1. The summed E-state index contributed by atoms with van der Waals surface area (Å²) in [5.74, 6) is 5.80. The molecule has 0 fully saturated rings. The minimum Gasteiger partial charge on any atom is -0.308 e. The fourth-order valence-corrected chi connectivity index (χ4v) is 2.77. The third kappa shape index (κ3) is 2.43. The van der Waals surface area contributed by atoms with E-state index >= 15 is 0 Å². The number of benzene rings is 1. The molecule has 3 aromatic rings. The Morgan fingerprint density at radius 3 is 2.89 bits per heavy atom. The molecule has 2 aromatic heterocycles. The first-order valence-electron chi connectivity index (χ1n) is 5.84. The van der Waals surface area contributed by atoms with E-state index in [1.165, 1.54) is 17.0 Å². The summed E-state index contributed by atoms with van der Waals surface area (Å²) in [5.41, 5.74) is 4.19. The largest absolute Gasteiger partial charge is 0.308 e. The van der Waals surface area contributed by atoms with Crippen LogP contribution in [0.15, 0.2) is 41.8 Å². The molecule has 0 atom stereocenters. The van der Waals surface area contributed by atoms with Crippen molar-refractivity contribution in [1.82, 2.24) is 4.98 Å². The summed E-state index contributed by atoms with van der Waals surface area (Å²) < 4.78 is 13.2. The van der Waals surface area contributed by atoms with Crippen LogP contribution in [-0.4, -0.2) is 4.98 Å². The number of rotatable bonds is 3. The van der Waals surface area contributed by atoms with Crippen molar-refractivity contribution < 1.29 is 4.39 Å².